The molecule has 2 heterocycles. The average Bonchev–Trinajstić information content (AvgIpc) is 2.48. The first-order valence-corrected chi connectivity index (χ1v) is 7.07. The van der Waals surface area contributed by atoms with Crippen LogP contribution in [0.25, 0.3) is 10.9 Å². The van der Waals surface area contributed by atoms with Gasteiger partial charge >= 0.3 is 0 Å². The van der Waals surface area contributed by atoms with E-state index in [-0.39, 0.29) is 0 Å². The van der Waals surface area contributed by atoms with Crippen LogP contribution in [-0.2, 0) is 0 Å². The first kappa shape index (κ1) is 13.0. The first-order chi connectivity index (χ1) is 9.74. The molecule has 1 N–H and O–H groups in total. The van der Waals surface area contributed by atoms with Crippen LogP contribution in [0.1, 0.15) is 18.6 Å². The summed E-state index contributed by atoms with van der Waals surface area (Å²) in [6.07, 6.45) is 2.76. The van der Waals surface area contributed by atoms with Gasteiger partial charge in [-0.2, -0.15) is 0 Å². The van der Waals surface area contributed by atoms with Crippen molar-refractivity contribution in [3.63, 3.8) is 0 Å². The maximum atomic E-state index is 9.62. The van der Waals surface area contributed by atoms with Crippen LogP contribution in [0, 0.1) is 0 Å². The number of fused-ring (bicyclic) bond motifs is 1. The molecule has 0 aliphatic heterocycles. The summed E-state index contributed by atoms with van der Waals surface area (Å²) in [6, 6.07) is 11.6. The van der Waals surface area contributed by atoms with Gasteiger partial charge in [0.25, 0.3) is 0 Å². The van der Waals surface area contributed by atoms with Gasteiger partial charge in [-0.25, -0.2) is 15.0 Å². The van der Waals surface area contributed by atoms with Crippen molar-refractivity contribution in [2.24, 2.45) is 0 Å². The number of benzene rings is 1. The monoisotopic (exact) mass is 283 g/mol. The van der Waals surface area contributed by atoms with Crippen molar-refractivity contribution in [2.75, 3.05) is 0 Å². The molecule has 4 nitrogen and oxygen atoms in total. The van der Waals surface area contributed by atoms with Crippen LogP contribution in [0.15, 0.2) is 59.0 Å². The quantitative estimate of drug-likeness (QED) is 0.748. The second-order valence-electron chi connectivity index (χ2n) is 4.40. The standard InChI is InChI=1S/C15H13N3OS/c1-10(19)11-6-7-16-14(8-11)20-15-12-4-2-3-5-13(12)17-9-18-15/h2-10,19H,1H3/t10-/m0/s1. The van der Waals surface area contributed by atoms with Gasteiger partial charge in [-0.1, -0.05) is 18.2 Å². The molecule has 3 aromatic rings. The van der Waals surface area contributed by atoms with E-state index in [1.165, 1.54) is 11.8 Å². The number of hydrogen-bond acceptors (Lipinski definition) is 5. The third-order valence-electron chi connectivity index (χ3n) is 2.95. The van der Waals surface area contributed by atoms with Crippen LogP contribution in [0.5, 0.6) is 0 Å². The maximum absolute atomic E-state index is 9.62. The molecule has 0 unspecified atom stereocenters. The average molecular weight is 283 g/mol. The minimum atomic E-state index is -0.500. The zero-order chi connectivity index (χ0) is 13.9. The van der Waals surface area contributed by atoms with Crippen LogP contribution in [0.2, 0.25) is 0 Å². The summed E-state index contributed by atoms with van der Waals surface area (Å²) in [5, 5.41) is 12.3. The van der Waals surface area contributed by atoms with Gasteiger partial charge in [0.15, 0.2) is 0 Å². The highest BCUT2D eigenvalue weighted by Gasteiger charge is 2.08. The molecule has 0 bridgehead atoms. The molecule has 1 atom stereocenters. The van der Waals surface area contributed by atoms with Crippen molar-refractivity contribution in [3.05, 3.63) is 54.5 Å². The smallest absolute Gasteiger partial charge is 0.117 e. The van der Waals surface area contributed by atoms with Gasteiger partial charge in [-0.05, 0) is 42.4 Å². The number of aliphatic hydroxyl groups excluding tert-OH is 1. The van der Waals surface area contributed by atoms with Crippen molar-refractivity contribution in [2.45, 2.75) is 23.1 Å². The lowest BCUT2D eigenvalue weighted by atomic mass is 10.2. The van der Waals surface area contributed by atoms with E-state index in [9.17, 15) is 5.11 Å². The minimum absolute atomic E-state index is 0.500. The van der Waals surface area contributed by atoms with E-state index in [4.69, 9.17) is 0 Å². The second kappa shape index (κ2) is 5.56. The van der Waals surface area contributed by atoms with E-state index >= 15 is 0 Å². The summed E-state index contributed by atoms with van der Waals surface area (Å²) in [5.74, 6) is 0. The summed E-state index contributed by atoms with van der Waals surface area (Å²) >= 11 is 1.48. The Hall–Kier alpha value is -1.98. The number of aliphatic hydroxyl groups is 1. The van der Waals surface area contributed by atoms with E-state index < -0.39 is 6.10 Å². The van der Waals surface area contributed by atoms with Gasteiger partial charge in [0, 0.05) is 11.6 Å². The van der Waals surface area contributed by atoms with E-state index in [1.807, 2.05) is 36.4 Å². The predicted octanol–water partition coefficient (Wildman–Crippen LogP) is 3.23. The van der Waals surface area contributed by atoms with Crippen LogP contribution >= 0.6 is 11.8 Å². The van der Waals surface area contributed by atoms with Gasteiger partial charge in [-0.15, -0.1) is 0 Å². The van der Waals surface area contributed by atoms with Gasteiger partial charge in [-0.3, -0.25) is 0 Å². The topological polar surface area (TPSA) is 58.9 Å². The lowest BCUT2D eigenvalue weighted by Crippen LogP contribution is -1.93. The Kier molecular flexibility index (Phi) is 3.62. The molecule has 5 heteroatoms. The number of nitrogens with zero attached hydrogens (tertiary/aromatic N) is 3. The Morgan fingerprint density at radius 2 is 1.95 bits per heavy atom. The largest absolute Gasteiger partial charge is 0.389 e. The Balaban J connectivity index is 1.99. The van der Waals surface area contributed by atoms with Crippen LogP contribution in [0.4, 0.5) is 0 Å². The Labute approximate surface area is 120 Å². The molecule has 0 aliphatic rings. The third kappa shape index (κ3) is 2.64. The van der Waals surface area contributed by atoms with Gasteiger partial charge in [0.1, 0.15) is 16.4 Å². The van der Waals surface area contributed by atoms with Crippen molar-refractivity contribution >= 4 is 22.7 Å². The van der Waals surface area contributed by atoms with E-state index in [0.717, 1.165) is 26.5 Å². The molecular weight excluding hydrogens is 270 g/mol. The normalized spacial score (nSPS) is 12.5. The summed E-state index contributed by atoms with van der Waals surface area (Å²) in [6.45, 7) is 1.74. The molecule has 0 saturated carbocycles. The second-order valence-corrected chi connectivity index (χ2v) is 5.41. The summed E-state index contributed by atoms with van der Waals surface area (Å²) in [4.78, 5) is 12.9. The molecular formula is C15H13N3OS. The summed E-state index contributed by atoms with van der Waals surface area (Å²) < 4.78 is 0. The van der Waals surface area contributed by atoms with E-state index in [1.54, 1.807) is 19.4 Å². The number of hydrogen-bond donors (Lipinski definition) is 1. The fourth-order valence-corrected chi connectivity index (χ4v) is 2.79. The molecule has 100 valence electrons. The molecule has 0 fully saturated rings. The minimum Gasteiger partial charge on any atom is -0.389 e. The van der Waals surface area contributed by atoms with Crippen molar-refractivity contribution in [1.29, 1.82) is 0 Å². The van der Waals surface area contributed by atoms with Gasteiger partial charge in [0.05, 0.1) is 11.6 Å². The number of aromatic nitrogens is 3. The number of rotatable bonds is 3. The van der Waals surface area contributed by atoms with Gasteiger partial charge in [0.2, 0.25) is 0 Å². The zero-order valence-corrected chi connectivity index (χ0v) is 11.7. The lowest BCUT2D eigenvalue weighted by molar-refractivity contribution is 0.199. The summed E-state index contributed by atoms with van der Waals surface area (Å²) in [5.41, 5.74) is 1.76. The third-order valence-corrected chi connectivity index (χ3v) is 3.90. The summed E-state index contributed by atoms with van der Waals surface area (Å²) in [7, 11) is 0. The predicted molar refractivity (Wildman–Crippen MR) is 78.5 cm³/mol. The number of pyridine rings is 1. The van der Waals surface area contributed by atoms with Crippen LogP contribution < -0.4 is 0 Å². The molecule has 0 saturated heterocycles. The Bertz CT molecular complexity index is 741. The maximum Gasteiger partial charge on any atom is 0.117 e. The highest BCUT2D eigenvalue weighted by atomic mass is 32.2. The van der Waals surface area contributed by atoms with Crippen molar-refractivity contribution in [1.82, 2.24) is 15.0 Å². The SMILES string of the molecule is C[C@H](O)c1ccnc(Sc2ncnc3ccccc23)c1. The Morgan fingerprint density at radius 1 is 1.10 bits per heavy atom. The molecule has 20 heavy (non-hydrogen) atoms. The highest BCUT2D eigenvalue weighted by molar-refractivity contribution is 7.99. The molecule has 3 rings (SSSR count). The van der Waals surface area contributed by atoms with Gasteiger partial charge < -0.3 is 5.11 Å². The molecule has 0 spiro atoms. The fraction of sp³-hybridized carbons (Fsp3) is 0.133. The van der Waals surface area contributed by atoms with Crippen molar-refractivity contribution in [3.8, 4) is 0 Å². The molecule has 1 aromatic carbocycles. The Morgan fingerprint density at radius 3 is 2.80 bits per heavy atom. The molecule has 0 aliphatic carbocycles. The molecule has 0 radical (unpaired) electrons. The van der Waals surface area contributed by atoms with Crippen molar-refractivity contribution < 1.29 is 5.11 Å². The van der Waals surface area contributed by atoms with E-state index in [0.29, 0.717) is 0 Å². The van der Waals surface area contributed by atoms with Crippen LogP contribution in [-0.4, -0.2) is 20.1 Å². The first-order valence-electron chi connectivity index (χ1n) is 6.25. The highest BCUT2D eigenvalue weighted by Crippen LogP contribution is 2.30. The van der Waals surface area contributed by atoms with Crippen LogP contribution in [0.3, 0.4) is 0 Å². The van der Waals surface area contributed by atoms with E-state index in [2.05, 4.69) is 15.0 Å². The molecule has 0 amide bonds. The lowest BCUT2D eigenvalue weighted by Gasteiger charge is -2.07. The fourth-order valence-electron chi connectivity index (χ4n) is 1.90. The zero-order valence-electron chi connectivity index (χ0n) is 10.9. The molecule has 2 aromatic heterocycles. The number of para-hydroxylation sites is 1.